The van der Waals surface area contributed by atoms with Crippen molar-refractivity contribution in [3.05, 3.63) is 44.1 Å². The molecule has 2 aromatic rings. The van der Waals surface area contributed by atoms with Crippen LogP contribution < -0.4 is 27.6 Å². The normalized spacial score (nSPS) is 12.9. The van der Waals surface area contributed by atoms with E-state index in [0.717, 1.165) is 60.9 Å². The lowest BCUT2D eigenvalue weighted by Gasteiger charge is -2.28. The van der Waals surface area contributed by atoms with Gasteiger partial charge >= 0.3 is 0 Å². The summed E-state index contributed by atoms with van der Waals surface area (Å²) in [6.45, 7) is 4.49. The number of halogens is 1. The largest absolute Gasteiger partial charge is 0.270 e. The third-order valence-electron chi connectivity index (χ3n) is 7.61. The van der Waals surface area contributed by atoms with E-state index >= 15 is 0 Å². The molecule has 21 heteroatoms. The van der Waals surface area contributed by atoms with Gasteiger partial charge in [0.25, 0.3) is 0 Å². The smallest absolute Gasteiger partial charge is 0.165 e. The van der Waals surface area contributed by atoms with Crippen LogP contribution >= 0.6 is 11.6 Å². The van der Waals surface area contributed by atoms with Crippen LogP contribution in [0.1, 0.15) is 11.3 Å². The van der Waals surface area contributed by atoms with E-state index in [1.165, 1.54) is 0 Å². The SMILES string of the molecule is BC(B)=C(/C(B)=C(/B)C(=C)c1c(-c2c(B)nc(C(B)(B)B)c(B)c2B)nc(B)c(Cl)c1B)S(=O)(=O)C(B)(B)B. The summed E-state index contributed by atoms with van der Waals surface area (Å²) in [7, 11) is 25.8. The van der Waals surface area contributed by atoms with Gasteiger partial charge in [0.15, 0.2) is 25.5 Å². The third kappa shape index (κ3) is 6.32. The Morgan fingerprint density at radius 3 is 1.72 bits per heavy atom. The minimum Gasteiger partial charge on any atom is -0.270 e. The first-order valence-corrected chi connectivity index (χ1v) is 15.3. The second-order valence-corrected chi connectivity index (χ2v) is 16.0. The molecular weight excluding hydrogens is 506 g/mol. The van der Waals surface area contributed by atoms with Crippen LogP contribution in [-0.2, 0) is 15.0 Å². The molecule has 0 aromatic carbocycles. The van der Waals surface area contributed by atoms with Gasteiger partial charge in [-0.2, -0.15) is 0 Å². The lowest BCUT2D eigenvalue weighted by atomic mass is 9.40. The van der Waals surface area contributed by atoms with Gasteiger partial charge in [-0.05, 0) is 10.0 Å². The van der Waals surface area contributed by atoms with Gasteiger partial charge in [-0.3, -0.25) is 9.97 Å². The molecule has 0 bridgehead atoms. The zero-order valence-electron chi connectivity index (χ0n) is 26.7. The van der Waals surface area contributed by atoms with Crippen molar-refractivity contribution >= 4 is 172 Å². The third-order valence-corrected chi connectivity index (χ3v) is 11.0. The molecule has 0 amide bonds. The molecule has 2 rings (SSSR count). The van der Waals surface area contributed by atoms with Crippen LogP contribution in [0.4, 0.5) is 0 Å². The first-order chi connectivity index (χ1) is 17.5. The molecule has 0 fully saturated rings. The average molecular weight is 538 g/mol. The fourth-order valence-corrected chi connectivity index (χ4v) is 6.98. The van der Waals surface area contributed by atoms with Gasteiger partial charge in [0, 0.05) is 37.9 Å². The number of rotatable bonds is 7. The Bertz CT molecular complexity index is 1560. The number of hydrogen-bond acceptors (Lipinski definition) is 4. The summed E-state index contributed by atoms with van der Waals surface area (Å²) in [5.74, 6) is 0. The highest BCUT2D eigenvalue weighted by atomic mass is 35.5. The van der Waals surface area contributed by atoms with Crippen molar-refractivity contribution in [2.45, 2.75) is 9.56 Å². The lowest BCUT2D eigenvalue weighted by Crippen LogP contribution is -2.46. The van der Waals surface area contributed by atoms with E-state index in [2.05, 4.69) is 45.8 Å². The van der Waals surface area contributed by atoms with Crippen molar-refractivity contribution in [2.75, 3.05) is 0 Å². The molecule has 2 aromatic heterocycles. The quantitative estimate of drug-likeness (QED) is 0.260. The standard InChI is InChI=1S/C18H32B15ClN2O2S/c1-2(5(19)8(22)12(14(24)25)39(37,38)18(31,32)33)3-7(21)10(34)16(27)35-11(3)4-6(20)9(23)13(17(28,29)30)36-15(4)26/h1,19-33H2/b8-5-. The second-order valence-electron chi connectivity index (χ2n) is 13.0. The topological polar surface area (TPSA) is 59.9 Å². The maximum atomic E-state index is 13.6. The number of allylic oxidation sites excluding steroid dienone is 3. The summed E-state index contributed by atoms with van der Waals surface area (Å²) in [5.41, 5.74) is 10.5. The molecule has 4 nitrogen and oxygen atoms in total. The molecule has 184 valence electrons. The van der Waals surface area contributed by atoms with E-state index in [1.807, 2.05) is 54.9 Å². The fourth-order valence-electron chi connectivity index (χ4n) is 5.14. The van der Waals surface area contributed by atoms with Gasteiger partial charge in [0.2, 0.25) is 0 Å². The van der Waals surface area contributed by atoms with Crippen molar-refractivity contribution < 1.29 is 8.42 Å². The minimum absolute atomic E-state index is 0.0977. The molecule has 0 aliphatic rings. The predicted octanol–water partition coefficient (Wildman–Crippen LogP) is -15.0. The highest BCUT2D eigenvalue weighted by molar-refractivity contribution is 8.00. The van der Waals surface area contributed by atoms with Gasteiger partial charge in [-0.1, -0.05) is 50.6 Å². The number of aromatic nitrogens is 2. The Morgan fingerprint density at radius 1 is 0.769 bits per heavy atom. The van der Waals surface area contributed by atoms with Crippen LogP contribution in [0.5, 0.6) is 0 Å². The van der Waals surface area contributed by atoms with Crippen LogP contribution in [0.3, 0.4) is 0 Å². The Balaban J connectivity index is 3.02. The molecule has 0 radical (unpaired) electrons. The Hall–Kier alpha value is -1.27. The summed E-state index contributed by atoms with van der Waals surface area (Å²) in [6.07, 6.45) is 0. The van der Waals surface area contributed by atoms with Crippen molar-refractivity contribution in [1.29, 1.82) is 0 Å². The first-order valence-electron chi connectivity index (χ1n) is 13.4. The van der Waals surface area contributed by atoms with Gasteiger partial charge in [-0.25, -0.2) is 8.42 Å². The molecular formula is C18H32B15ClN2O2S. The van der Waals surface area contributed by atoms with Crippen molar-refractivity contribution in [2.24, 2.45) is 0 Å². The molecule has 0 atom stereocenters. The number of sulfone groups is 1. The van der Waals surface area contributed by atoms with Crippen LogP contribution in [-0.4, -0.2) is 141 Å². The fraction of sp³-hybridized carbons (Fsp3) is 0.111. The van der Waals surface area contributed by atoms with E-state index in [9.17, 15) is 8.42 Å². The van der Waals surface area contributed by atoms with Crippen molar-refractivity contribution in [1.82, 2.24) is 9.97 Å². The van der Waals surface area contributed by atoms with Gasteiger partial charge < -0.3 is 0 Å². The van der Waals surface area contributed by atoms with Crippen LogP contribution in [0.15, 0.2) is 27.8 Å². The molecule has 0 saturated heterocycles. The number of pyridine rings is 2. The summed E-state index contributed by atoms with van der Waals surface area (Å²) in [6, 6.07) is 0. The molecule has 0 N–H and O–H groups in total. The van der Waals surface area contributed by atoms with E-state index in [1.54, 1.807) is 23.5 Å². The molecule has 0 aliphatic heterocycles. The monoisotopic (exact) mass is 540 g/mol. The summed E-state index contributed by atoms with van der Waals surface area (Å²) < 4.78 is 26.3. The molecule has 0 aliphatic carbocycles. The molecule has 0 saturated carbocycles. The Morgan fingerprint density at radius 2 is 1.28 bits per heavy atom. The van der Waals surface area contributed by atoms with Crippen LogP contribution in [0, 0.1) is 0 Å². The van der Waals surface area contributed by atoms with E-state index in [-0.39, 0.29) is 5.11 Å². The highest BCUT2D eigenvalue weighted by Crippen LogP contribution is 2.32. The van der Waals surface area contributed by atoms with Crippen molar-refractivity contribution in [3.63, 3.8) is 0 Å². The summed E-state index contributed by atoms with van der Waals surface area (Å²) in [4.78, 5) is 10.4. The Labute approximate surface area is 254 Å². The molecule has 0 unspecified atom stereocenters. The van der Waals surface area contributed by atoms with E-state index in [4.69, 9.17) is 21.6 Å². The summed E-state index contributed by atoms with van der Waals surface area (Å²) >= 11 is 6.77. The van der Waals surface area contributed by atoms with E-state index in [0.29, 0.717) is 21.0 Å². The van der Waals surface area contributed by atoms with Gasteiger partial charge in [-0.15, -0.1) is 5.37 Å². The Kier molecular flexibility index (Phi) is 10.0. The zero-order valence-corrected chi connectivity index (χ0v) is 28.3. The van der Waals surface area contributed by atoms with Crippen LogP contribution in [0.25, 0.3) is 16.8 Å². The minimum atomic E-state index is -3.59. The maximum Gasteiger partial charge on any atom is 0.165 e. The molecule has 2 heterocycles. The van der Waals surface area contributed by atoms with Gasteiger partial charge in [0.05, 0.1) is 29.2 Å². The van der Waals surface area contributed by atoms with Crippen LogP contribution in [0.2, 0.25) is 5.02 Å². The number of nitrogens with zero attached hydrogens (tertiary/aromatic N) is 2. The van der Waals surface area contributed by atoms with Crippen molar-refractivity contribution in [3.8, 4) is 11.3 Å². The summed E-state index contributed by atoms with van der Waals surface area (Å²) in [5, 5.41) is 1.23. The van der Waals surface area contributed by atoms with E-state index < -0.39 is 14.3 Å². The lowest BCUT2D eigenvalue weighted by molar-refractivity contribution is 0.603. The predicted molar refractivity (Wildman–Crippen MR) is 215 cm³/mol. The van der Waals surface area contributed by atoms with Gasteiger partial charge in [0.1, 0.15) is 78.5 Å². The maximum absolute atomic E-state index is 13.6. The number of hydrogen-bond donors (Lipinski definition) is 0. The molecule has 0 spiro atoms. The highest BCUT2D eigenvalue weighted by Gasteiger charge is 2.34. The average Bonchev–Trinajstić information content (AvgIpc) is 2.77. The second kappa shape index (κ2) is 11.5. The first kappa shape index (κ1) is 33.9. The zero-order chi connectivity index (χ0) is 30.6. The molecule has 39 heavy (non-hydrogen) atoms.